The van der Waals surface area contributed by atoms with Gasteiger partial charge in [-0.15, -0.1) is 0 Å². The van der Waals surface area contributed by atoms with Crippen molar-refractivity contribution in [2.24, 2.45) is 0 Å². The topological polar surface area (TPSA) is 78.2 Å². The molecule has 0 spiro atoms. The summed E-state index contributed by atoms with van der Waals surface area (Å²) in [6, 6.07) is 12.8. The van der Waals surface area contributed by atoms with Crippen molar-refractivity contribution in [3.63, 3.8) is 0 Å². The van der Waals surface area contributed by atoms with Crippen LogP contribution in [0.3, 0.4) is 0 Å². The van der Waals surface area contributed by atoms with E-state index in [2.05, 4.69) is 0 Å². The number of hydrogen-bond acceptors (Lipinski definition) is 3. The second-order valence-electron chi connectivity index (χ2n) is 4.85. The van der Waals surface area contributed by atoms with Gasteiger partial charge in [0.1, 0.15) is 0 Å². The highest BCUT2D eigenvalue weighted by atomic mass is 35.6. The molecule has 0 aliphatic heterocycles. The fraction of sp³-hybridized carbons (Fsp3) is 0.133. The first-order valence-corrected chi connectivity index (χ1v) is 9.29. The van der Waals surface area contributed by atoms with E-state index in [4.69, 9.17) is 51.7 Å². The van der Waals surface area contributed by atoms with Crippen molar-refractivity contribution in [3.05, 3.63) is 70.2 Å². The average Bonchev–Trinajstić information content (AvgIpc) is 2.47. The summed E-state index contributed by atoms with van der Waals surface area (Å²) in [6.07, 6.45) is 0. The van der Waals surface area contributed by atoms with Gasteiger partial charge in [0.15, 0.2) is 4.75 Å². The predicted octanol–water partition coefficient (Wildman–Crippen LogP) is 4.71. The van der Waals surface area contributed by atoms with Gasteiger partial charge in [0.2, 0.25) is 3.79 Å². The predicted molar refractivity (Wildman–Crippen MR) is 95.2 cm³/mol. The highest BCUT2D eigenvalue weighted by Crippen LogP contribution is 2.54. The molecule has 4 nitrogen and oxygen atoms in total. The molecule has 2 aromatic rings. The second kappa shape index (κ2) is 6.72. The molecule has 0 radical (unpaired) electrons. The molecular weight excluding hydrogens is 416 g/mol. The Morgan fingerprint density at radius 1 is 0.917 bits per heavy atom. The first kappa shape index (κ1) is 19.3. The van der Waals surface area contributed by atoms with Crippen LogP contribution in [-0.2, 0) is 14.9 Å². The zero-order valence-electron chi connectivity index (χ0n) is 11.7. The molecule has 2 rings (SSSR count). The molecule has 126 valence electrons. The van der Waals surface area contributed by atoms with Crippen molar-refractivity contribution in [2.45, 2.75) is 8.54 Å². The highest BCUT2D eigenvalue weighted by Gasteiger charge is 2.60. The van der Waals surface area contributed by atoms with Gasteiger partial charge in [0, 0.05) is 5.02 Å². The summed E-state index contributed by atoms with van der Waals surface area (Å²) in [7, 11) is -4.94. The maximum atomic E-state index is 12.3. The number of halogens is 4. The Bertz CT molecular complexity index is 884. The van der Waals surface area contributed by atoms with Crippen LogP contribution in [0.4, 0.5) is 0 Å². The van der Waals surface area contributed by atoms with Crippen molar-refractivity contribution in [1.29, 1.82) is 5.26 Å². The van der Waals surface area contributed by atoms with E-state index in [1.807, 2.05) is 6.07 Å². The number of hydrogen-bond donors (Lipinski definition) is 1. The second-order valence-corrected chi connectivity index (χ2v) is 9.13. The number of nitriles is 1. The van der Waals surface area contributed by atoms with Crippen molar-refractivity contribution in [2.75, 3.05) is 0 Å². The van der Waals surface area contributed by atoms with Gasteiger partial charge in [0.25, 0.3) is 10.1 Å². The van der Waals surface area contributed by atoms with Crippen LogP contribution in [0.5, 0.6) is 0 Å². The van der Waals surface area contributed by atoms with Crippen LogP contribution in [0.1, 0.15) is 16.7 Å². The number of benzene rings is 2. The molecule has 0 heterocycles. The first-order chi connectivity index (χ1) is 11.0. The Morgan fingerprint density at radius 3 is 1.67 bits per heavy atom. The zero-order valence-corrected chi connectivity index (χ0v) is 15.6. The van der Waals surface area contributed by atoms with Gasteiger partial charge in [0.05, 0.1) is 11.6 Å². The van der Waals surface area contributed by atoms with Crippen LogP contribution in [0.15, 0.2) is 48.5 Å². The Kier molecular flexibility index (Phi) is 5.41. The van der Waals surface area contributed by atoms with Crippen LogP contribution >= 0.6 is 46.4 Å². The van der Waals surface area contributed by atoms with Crippen molar-refractivity contribution < 1.29 is 13.0 Å². The van der Waals surface area contributed by atoms with Crippen LogP contribution in [0, 0.1) is 11.3 Å². The minimum absolute atomic E-state index is 0.00803. The summed E-state index contributed by atoms with van der Waals surface area (Å²) in [6.45, 7) is 0. The maximum absolute atomic E-state index is 12.3. The zero-order chi connectivity index (χ0) is 18.2. The molecule has 0 saturated carbocycles. The van der Waals surface area contributed by atoms with Gasteiger partial charge in [-0.25, -0.2) is 0 Å². The molecule has 0 amide bonds. The third-order valence-corrected chi connectivity index (χ3v) is 6.45. The number of rotatable bonds is 3. The Balaban J connectivity index is 2.91. The highest BCUT2D eigenvalue weighted by molar-refractivity contribution is 7.87. The monoisotopic (exact) mass is 423 g/mol. The molecule has 0 fully saturated rings. The fourth-order valence-corrected chi connectivity index (χ4v) is 5.22. The van der Waals surface area contributed by atoms with E-state index in [1.54, 1.807) is 0 Å². The molecule has 24 heavy (non-hydrogen) atoms. The summed E-state index contributed by atoms with van der Waals surface area (Å²) in [5, 5.41) is 9.23. The van der Waals surface area contributed by atoms with Gasteiger partial charge in [-0.2, -0.15) is 13.7 Å². The van der Waals surface area contributed by atoms with Gasteiger partial charge >= 0.3 is 0 Å². The van der Waals surface area contributed by atoms with Gasteiger partial charge in [-0.1, -0.05) is 70.7 Å². The quantitative estimate of drug-likeness (QED) is 0.571. The number of alkyl halides is 3. The Labute approximate surface area is 159 Å². The van der Waals surface area contributed by atoms with Crippen molar-refractivity contribution in [1.82, 2.24) is 0 Å². The molecule has 9 heteroatoms. The Morgan fingerprint density at radius 2 is 1.33 bits per heavy atom. The summed E-state index contributed by atoms with van der Waals surface area (Å²) >= 11 is 23.9. The van der Waals surface area contributed by atoms with Crippen LogP contribution in [0.25, 0.3) is 0 Å². The molecule has 0 aromatic heterocycles. The van der Waals surface area contributed by atoms with Crippen molar-refractivity contribution >= 4 is 56.5 Å². The maximum Gasteiger partial charge on any atom is 0.283 e. The smallest absolute Gasteiger partial charge is 0.283 e. The Hall–Kier alpha value is -1.000. The van der Waals surface area contributed by atoms with Gasteiger partial charge < -0.3 is 0 Å². The van der Waals surface area contributed by atoms with Crippen molar-refractivity contribution in [3.8, 4) is 6.07 Å². The molecule has 0 aliphatic carbocycles. The summed E-state index contributed by atoms with van der Waals surface area (Å²) in [5.41, 5.74) is 0.286. The lowest BCUT2D eigenvalue weighted by Gasteiger charge is -2.37. The lowest BCUT2D eigenvalue weighted by molar-refractivity contribution is 0.446. The molecule has 1 unspecified atom stereocenters. The lowest BCUT2D eigenvalue weighted by atomic mass is 9.91. The summed E-state index contributed by atoms with van der Waals surface area (Å²) in [5.74, 6) is 0. The fourth-order valence-electron chi connectivity index (χ4n) is 2.40. The summed E-state index contributed by atoms with van der Waals surface area (Å²) in [4.78, 5) is 0. The van der Waals surface area contributed by atoms with E-state index in [-0.39, 0.29) is 16.7 Å². The summed E-state index contributed by atoms with van der Waals surface area (Å²) < 4.78 is 29.8. The third kappa shape index (κ3) is 3.23. The average molecular weight is 425 g/mol. The largest absolute Gasteiger partial charge is 0.284 e. The van der Waals surface area contributed by atoms with E-state index in [0.29, 0.717) is 5.02 Å². The molecule has 0 saturated heterocycles. The first-order valence-electron chi connectivity index (χ1n) is 6.34. The van der Waals surface area contributed by atoms with Gasteiger partial charge in [-0.3, -0.25) is 4.55 Å². The van der Waals surface area contributed by atoms with E-state index >= 15 is 0 Å². The molecule has 2 aromatic carbocycles. The van der Waals surface area contributed by atoms with Crippen LogP contribution < -0.4 is 0 Å². The standard InChI is InChI=1S/C15H9Cl4NO3S/c16-13-7-5-12(6-8-13)14(15(17,18)19,24(21,22)23)11-3-1-10(9-20)2-4-11/h1-8H,(H,21,22,23). The van der Waals surface area contributed by atoms with Gasteiger partial charge in [-0.05, 0) is 35.4 Å². The third-order valence-electron chi connectivity index (χ3n) is 3.46. The minimum atomic E-state index is -4.94. The number of nitrogens with zero attached hydrogens (tertiary/aromatic N) is 1. The molecular formula is C15H9Cl4NO3S. The normalized spacial score (nSPS) is 14.7. The lowest BCUT2D eigenvalue weighted by Crippen LogP contribution is -2.48. The SMILES string of the molecule is N#Cc1ccc(C(c2ccc(Cl)cc2)(C(Cl)(Cl)Cl)S(=O)(=O)O)cc1. The van der Waals surface area contributed by atoms with Crippen LogP contribution in [-0.4, -0.2) is 16.8 Å². The van der Waals surface area contributed by atoms with E-state index in [0.717, 1.165) is 0 Å². The molecule has 0 bridgehead atoms. The van der Waals surface area contributed by atoms with E-state index in [1.165, 1.54) is 48.5 Å². The molecule has 0 aliphatic rings. The van der Waals surface area contributed by atoms with Crippen LogP contribution in [0.2, 0.25) is 5.02 Å². The van der Waals surface area contributed by atoms with E-state index < -0.39 is 18.7 Å². The van der Waals surface area contributed by atoms with E-state index in [9.17, 15) is 13.0 Å². The molecule has 1 atom stereocenters. The minimum Gasteiger partial charge on any atom is -0.284 e. The molecule has 1 N–H and O–H groups in total.